The van der Waals surface area contributed by atoms with Gasteiger partial charge in [0.25, 0.3) is 0 Å². The standard InChI is InChI=1S/C65H108O2/c1-3-5-7-9-11-13-15-17-19-20-21-22-23-24-25-26-27-28-29-30-31-32-33-35-37-39-41-43-45-47-55-67-59-63-53-49-51-61-56-64-60(57-65(61)63)50-48-52-62(64)58-66-54-46-44-42-40-38-36-34-18-16-14-12-10-8-6-4-2/h25-28,48-53,56-57H,3-24,29-47,54-55,58-59H2,1-2H3/b26-25+,28-27+. The van der Waals surface area contributed by atoms with Crippen molar-refractivity contribution in [2.75, 3.05) is 13.2 Å². The Bertz CT molecular complexity index is 1580. The van der Waals surface area contributed by atoms with Crippen LogP contribution in [0.4, 0.5) is 0 Å². The minimum Gasteiger partial charge on any atom is -0.377 e. The van der Waals surface area contributed by atoms with Crippen molar-refractivity contribution < 1.29 is 9.47 Å². The van der Waals surface area contributed by atoms with Gasteiger partial charge in [-0.3, -0.25) is 0 Å². The SMILES string of the molecule is CCCCCCCCCCCCCCC/C=C/C=C/CCCCCCCCCCCCCOCc1cccc2cc3c(COCCCCCCCCCCCCCCCCC)cccc3cc12. The maximum atomic E-state index is 6.24. The minimum absolute atomic E-state index is 0.692. The highest BCUT2D eigenvalue weighted by molar-refractivity contribution is 6.00. The number of rotatable bonds is 49. The van der Waals surface area contributed by atoms with Crippen molar-refractivity contribution in [1.29, 1.82) is 0 Å². The third-order valence-corrected chi connectivity index (χ3v) is 14.5. The molecule has 0 bridgehead atoms. The summed E-state index contributed by atoms with van der Waals surface area (Å²) < 4.78 is 12.5. The predicted molar refractivity (Wildman–Crippen MR) is 300 cm³/mol. The predicted octanol–water partition coefficient (Wildman–Crippen LogP) is 22.2. The van der Waals surface area contributed by atoms with Crippen molar-refractivity contribution in [1.82, 2.24) is 0 Å². The first-order valence-electron chi connectivity index (χ1n) is 29.7. The first-order valence-corrected chi connectivity index (χ1v) is 29.7. The molecule has 2 heteroatoms. The molecule has 3 aromatic rings. The summed E-state index contributed by atoms with van der Waals surface area (Å²) in [5, 5.41) is 5.24. The number of hydrogen-bond acceptors (Lipinski definition) is 2. The Balaban J connectivity index is 1.09. The normalized spacial score (nSPS) is 12.0. The van der Waals surface area contributed by atoms with Gasteiger partial charge >= 0.3 is 0 Å². The average Bonchev–Trinajstić information content (AvgIpc) is 3.34. The lowest BCUT2D eigenvalue weighted by molar-refractivity contribution is 0.117. The quantitative estimate of drug-likeness (QED) is 0.0319. The Hall–Kier alpha value is -2.42. The molecular weight excluding hydrogens is 813 g/mol. The van der Waals surface area contributed by atoms with Crippen LogP contribution in [-0.4, -0.2) is 13.2 Å². The molecule has 0 saturated heterocycles. The molecule has 0 aliphatic rings. The molecule has 0 N–H and O–H groups in total. The molecular formula is C65H108O2. The van der Waals surface area contributed by atoms with Gasteiger partial charge in [-0.15, -0.1) is 0 Å². The molecule has 0 saturated carbocycles. The summed E-state index contributed by atoms with van der Waals surface area (Å²) in [5.74, 6) is 0. The van der Waals surface area contributed by atoms with E-state index in [1.807, 2.05) is 0 Å². The minimum atomic E-state index is 0.692. The van der Waals surface area contributed by atoms with Gasteiger partial charge in [0.05, 0.1) is 13.2 Å². The van der Waals surface area contributed by atoms with E-state index in [4.69, 9.17) is 9.47 Å². The topological polar surface area (TPSA) is 18.5 Å². The summed E-state index contributed by atoms with van der Waals surface area (Å²) in [5.41, 5.74) is 2.60. The second-order valence-corrected chi connectivity index (χ2v) is 20.7. The molecule has 380 valence electrons. The van der Waals surface area contributed by atoms with Gasteiger partial charge in [-0.2, -0.15) is 0 Å². The van der Waals surface area contributed by atoms with Gasteiger partial charge in [-0.25, -0.2) is 0 Å². The zero-order valence-electron chi connectivity index (χ0n) is 44.6. The highest BCUT2D eigenvalue weighted by Gasteiger charge is 2.08. The van der Waals surface area contributed by atoms with E-state index in [9.17, 15) is 0 Å². The van der Waals surface area contributed by atoms with Crippen molar-refractivity contribution in [2.45, 2.75) is 290 Å². The number of ether oxygens (including phenoxy) is 2. The first kappa shape index (κ1) is 58.9. The third kappa shape index (κ3) is 32.2. The highest BCUT2D eigenvalue weighted by Crippen LogP contribution is 2.29. The highest BCUT2D eigenvalue weighted by atomic mass is 16.5. The number of fused-ring (bicyclic) bond motifs is 2. The van der Waals surface area contributed by atoms with Crippen LogP contribution in [0.1, 0.15) is 288 Å². The van der Waals surface area contributed by atoms with E-state index in [1.165, 1.54) is 296 Å². The van der Waals surface area contributed by atoms with Crippen LogP contribution in [0, 0.1) is 0 Å². The van der Waals surface area contributed by atoms with E-state index in [2.05, 4.69) is 86.7 Å². The van der Waals surface area contributed by atoms with Gasteiger partial charge in [0.1, 0.15) is 0 Å². The van der Waals surface area contributed by atoms with E-state index in [1.54, 1.807) is 0 Å². The molecule has 3 rings (SSSR count). The van der Waals surface area contributed by atoms with Crippen LogP contribution in [0.5, 0.6) is 0 Å². The van der Waals surface area contributed by atoms with Gasteiger partial charge in [0.15, 0.2) is 0 Å². The lowest BCUT2D eigenvalue weighted by Crippen LogP contribution is -1.98. The molecule has 0 radical (unpaired) electrons. The fourth-order valence-corrected chi connectivity index (χ4v) is 10.1. The molecule has 0 amide bonds. The Morgan fingerprint density at radius 1 is 0.313 bits per heavy atom. The van der Waals surface area contributed by atoms with Crippen LogP contribution >= 0.6 is 0 Å². The Labute approximate surface area is 416 Å². The Morgan fingerprint density at radius 2 is 0.582 bits per heavy atom. The lowest BCUT2D eigenvalue weighted by atomic mass is 9.97. The second-order valence-electron chi connectivity index (χ2n) is 20.7. The number of hydrogen-bond donors (Lipinski definition) is 0. The second kappa shape index (κ2) is 44.8. The monoisotopic (exact) mass is 921 g/mol. The average molecular weight is 922 g/mol. The Morgan fingerprint density at radius 3 is 0.881 bits per heavy atom. The maximum absolute atomic E-state index is 6.24. The summed E-state index contributed by atoms with van der Waals surface area (Å²) in [4.78, 5) is 0. The summed E-state index contributed by atoms with van der Waals surface area (Å²) in [7, 11) is 0. The van der Waals surface area contributed by atoms with E-state index < -0.39 is 0 Å². The molecule has 3 aromatic carbocycles. The van der Waals surface area contributed by atoms with Crippen molar-refractivity contribution in [2.24, 2.45) is 0 Å². The van der Waals surface area contributed by atoms with Gasteiger partial charge in [-0.1, -0.05) is 299 Å². The third-order valence-electron chi connectivity index (χ3n) is 14.5. The van der Waals surface area contributed by atoms with Gasteiger partial charge in [-0.05, 0) is 83.3 Å². The smallest absolute Gasteiger partial charge is 0.0722 e. The number of allylic oxidation sites excluding steroid dienone is 4. The van der Waals surface area contributed by atoms with E-state index in [0.29, 0.717) is 13.2 Å². The van der Waals surface area contributed by atoms with Crippen molar-refractivity contribution in [3.05, 3.63) is 84.0 Å². The molecule has 2 nitrogen and oxygen atoms in total. The van der Waals surface area contributed by atoms with Crippen LogP contribution in [0.2, 0.25) is 0 Å². The van der Waals surface area contributed by atoms with Crippen LogP contribution in [0.15, 0.2) is 72.8 Å². The largest absolute Gasteiger partial charge is 0.377 e. The first-order chi connectivity index (χ1) is 33.3. The van der Waals surface area contributed by atoms with E-state index in [0.717, 1.165) is 13.2 Å². The molecule has 67 heavy (non-hydrogen) atoms. The summed E-state index contributed by atoms with van der Waals surface area (Å²) in [6.07, 6.45) is 66.3. The molecule has 0 unspecified atom stereocenters. The maximum Gasteiger partial charge on any atom is 0.0722 e. The Kier molecular flexibility index (Phi) is 39.3. The van der Waals surface area contributed by atoms with Gasteiger partial charge in [0.2, 0.25) is 0 Å². The fraction of sp³-hybridized carbons (Fsp3) is 0.723. The van der Waals surface area contributed by atoms with E-state index >= 15 is 0 Å². The van der Waals surface area contributed by atoms with Crippen LogP contribution < -0.4 is 0 Å². The summed E-state index contributed by atoms with van der Waals surface area (Å²) in [6.45, 7) is 7.71. The lowest BCUT2D eigenvalue weighted by Gasteiger charge is -2.12. The van der Waals surface area contributed by atoms with Crippen LogP contribution in [-0.2, 0) is 22.7 Å². The van der Waals surface area contributed by atoms with Crippen LogP contribution in [0.25, 0.3) is 21.5 Å². The molecule has 0 atom stereocenters. The zero-order valence-corrected chi connectivity index (χ0v) is 44.6. The summed E-state index contributed by atoms with van der Waals surface area (Å²) in [6, 6.07) is 18.1. The molecule has 0 aliphatic heterocycles. The number of unbranched alkanes of at least 4 members (excludes halogenated alkanes) is 38. The molecule has 0 aliphatic carbocycles. The van der Waals surface area contributed by atoms with Crippen molar-refractivity contribution in [3.63, 3.8) is 0 Å². The molecule has 0 aromatic heterocycles. The number of benzene rings is 3. The van der Waals surface area contributed by atoms with Crippen molar-refractivity contribution >= 4 is 21.5 Å². The molecule has 0 heterocycles. The van der Waals surface area contributed by atoms with Crippen molar-refractivity contribution in [3.8, 4) is 0 Å². The molecule has 0 spiro atoms. The fourth-order valence-electron chi connectivity index (χ4n) is 10.1. The zero-order chi connectivity index (χ0) is 47.2. The molecule has 0 fully saturated rings. The van der Waals surface area contributed by atoms with E-state index in [-0.39, 0.29) is 0 Å². The van der Waals surface area contributed by atoms with Gasteiger partial charge in [0, 0.05) is 13.2 Å². The van der Waals surface area contributed by atoms with Gasteiger partial charge < -0.3 is 9.47 Å². The summed E-state index contributed by atoms with van der Waals surface area (Å²) >= 11 is 0. The van der Waals surface area contributed by atoms with Crippen LogP contribution in [0.3, 0.4) is 0 Å².